The van der Waals surface area contributed by atoms with Crippen LogP contribution in [0.4, 0.5) is 5.69 Å². The number of nitrogens with one attached hydrogen (secondary N) is 2. The monoisotopic (exact) mass is 293 g/mol. The fourth-order valence-corrected chi connectivity index (χ4v) is 2.01. The summed E-state index contributed by atoms with van der Waals surface area (Å²) in [5.74, 6) is 0.477. The van der Waals surface area contributed by atoms with Crippen LogP contribution in [0, 0.1) is 0 Å². The number of nitrogens with zero attached hydrogens (tertiary/aromatic N) is 1. The first-order valence-corrected chi connectivity index (χ1v) is 6.88. The van der Waals surface area contributed by atoms with E-state index in [4.69, 9.17) is 4.74 Å². The largest absolute Gasteiger partial charge is 0.484 e. The van der Waals surface area contributed by atoms with Gasteiger partial charge in [-0.2, -0.15) is 0 Å². The van der Waals surface area contributed by atoms with E-state index in [1.807, 2.05) is 54.6 Å². The van der Waals surface area contributed by atoms with E-state index in [9.17, 15) is 4.79 Å². The van der Waals surface area contributed by atoms with Crippen LogP contribution in [0.3, 0.4) is 0 Å². The van der Waals surface area contributed by atoms with Crippen LogP contribution in [-0.4, -0.2) is 22.5 Å². The minimum absolute atomic E-state index is 0.0215. The molecule has 5 heteroatoms. The van der Waals surface area contributed by atoms with Crippen molar-refractivity contribution in [3.8, 4) is 17.0 Å². The minimum atomic E-state index is -0.196. The van der Waals surface area contributed by atoms with Gasteiger partial charge >= 0.3 is 0 Å². The Morgan fingerprint density at radius 3 is 2.55 bits per heavy atom. The summed E-state index contributed by atoms with van der Waals surface area (Å²) in [6, 6.07) is 16.8. The Kier molecular flexibility index (Phi) is 4.15. The molecular weight excluding hydrogens is 278 g/mol. The Labute approximate surface area is 128 Å². The lowest BCUT2D eigenvalue weighted by molar-refractivity contribution is -0.118. The zero-order chi connectivity index (χ0) is 15.2. The summed E-state index contributed by atoms with van der Waals surface area (Å²) in [5.41, 5.74) is 2.67. The molecule has 0 aliphatic heterocycles. The lowest BCUT2D eigenvalue weighted by atomic mass is 10.1. The molecule has 0 aliphatic rings. The molecule has 0 aliphatic carbocycles. The first-order chi connectivity index (χ1) is 10.8. The van der Waals surface area contributed by atoms with E-state index in [0.717, 1.165) is 16.9 Å². The van der Waals surface area contributed by atoms with Crippen molar-refractivity contribution in [3.63, 3.8) is 0 Å². The molecule has 1 aromatic heterocycles. The van der Waals surface area contributed by atoms with Crippen molar-refractivity contribution < 1.29 is 9.53 Å². The highest BCUT2D eigenvalue weighted by Crippen LogP contribution is 2.18. The highest BCUT2D eigenvalue weighted by molar-refractivity contribution is 5.92. The number of rotatable bonds is 5. The van der Waals surface area contributed by atoms with E-state index in [0.29, 0.717) is 5.75 Å². The number of benzene rings is 2. The molecule has 0 radical (unpaired) electrons. The third-order valence-corrected chi connectivity index (χ3v) is 3.09. The van der Waals surface area contributed by atoms with Crippen molar-refractivity contribution in [1.82, 2.24) is 9.97 Å². The molecule has 0 fully saturated rings. The summed E-state index contributed by atoms with van der Waals surface area (Å²) < 4.78 is 5.40. The van der Waals surface area contributed by atoms with Crippen molar-refractivity contribution in [1.29, 1.82) is 0 Å². The van der Waals surface area contributed by atoms with E-state index >= 15 is 0 Å². The number of imidazole rings is 1. The highest BCUT2D eigenvalue weighted by atomic mass is 16.5. The average molecular weight is 293 g/mol. The molecule has 2 N–H and O–H groups in total. The number of aromatic amines is 1. The van der Waals surface area contributed by atoms with Gasteiger partial charge in [0.1, 0.15) is 5.75 Å². The third kappa shape index (κ3) is 3.52. The van der Waals surface area contributed by atoms with Gasteiger partial charge in [0.2, 0.25) is 0 Å². The molecule has 0 unspecified atom stereocenters. The Balaban J connectivity index is 1.55. The highest BCUT2D eigenvalue weighted by Gasteiger charge is 2.04. The molecule has 110 valence electrons. The molecule has 1 heterocycles. The second-order valence-electron chi connectivity index (χ2n) is 4.69. The number of amides is 1. The predicted octanol–water partition coefficient (Wildman–Crippen LogP) is 3.09. The number of aromatic nitrogens is 2. The van der Waals surface area contributed by atoms with E-state index in [2.05, 4.69) is 15.3 Å². The van der Waals surface area contributed by atoms with Gasteiger partial charge in [0.05, 0.1) is 18.2 Å². The summed E-state index contributed by atoms with van der Waals surface area (Å²) >= 11 is 0. The second kappa shape index (κ2) is 6.58. The minimum Gasteiger partial charge on any atom is -0.484 e. The smallest absolute Gasteiger partial charge is 0.262 e. The zero-order valence-electron chi connectivity index (χ0n) is 11.8. The Morgan fingerprint density at radius 2 is 1.86 bits per heavy atom. The van der Waals surface area contributed by atoms with Gasteiger partial charge < -0.3 is 15.0 Å². The fraction of sp³-hybridized carbons (Fsp3) is 0.0588. The van der Waals surface area contributed by atoms with Crippen LogP contribution < -0.4 is 10.1 Å². The summed E-state index contributed by atoms with van der Waals surface area (Å²) in [6.45, 7) is -0.0215. The van der Waals surface area contributed by atoms with Crippen LogP contribution >= 0.6 is 0 Å². The predicted molar refractivity (Wildman–Crippen MR) is 84.6 cm³/mol. The number of carbonyl (C=O) groups is 1. The molecular formula is C17H15N3O2. The number of ether oxygens (including phenoxy) is 1. The molecule has 22 heavy (non-hydrogen) atoms. The van der Waals surface area contributed by atoms with Gasteiger partial charge in [0.25, 0.3) is 5.91 Å². The van der Waals surface area contributed by atoms with Crippen LogP contribution in [0.2, 0.25) is 0 Å². The lowest BCUT2D eigenvalue weighted by Crippen LogP contribution is -2.20. The zero-order valence-corrected chi connectivity index (χ0v) is 11.8. The topological polar surface area (TPSA) is 67.0 Å². The SMILES string of the molecule is O=C(COc1ccccc1)Nc1ccc(-c2cnc[nH]2)cc1. The van der Waals surface area contributed by atoms with E-state index in [-0.39, 0.29) is 12.5 Å². The van der Waals surface area contributed by atoms with Gasteiger partial charge in [-0.15, -0.1) is 0 Å². The Hall–Kier alpha value is -3.08. The molecule has 3 aromatic rings. The van der Waals surface area contributed by atoms with Crippen LogP contribution in [0.5, 0.6) is 5.75 Å². The van der Waals surface area contributed by atoms with Gasteiger partial charge in [0.15, 0.2) is 6.61 Å². The van der Waals surface area contributed by atoms with Gasteiger partial charge in [-0.25, -0.2) is 4.98 Å². The van der Waals surface area contributed by atoms with Crippen molar-refractivity contribution in [2.45, 2.75) is 0 Å². The fourth-order valence-electron chi connectivity index (χ4n) is 2.01. The number of anilines is 1. The first-order valence-electron chi connectivity index (χ1n) is 6.88. The standard InChI is InChI=1S/C17H15N3O2/c21-17(11-22-15-4-2-1-3-5-15)20-14-8-6-13(7-9-14)16-10-18-12-19-16/h1-10,12H,11H2,(H,18,19)(H,20,21). The molecule has 2 aromatic carbocycles. The summed E-state index contributed by atoms with van der Waals surface area (Å²) in [4.78, 5) is 18.9. The molecule has 0 spiro atoms. The van der Waals surface area contributed by atoms with Crippen molar-refractivity contribution >= 4 is 11.6 Å². The first kappa shape index (κ1) is 13.9. The molecule has 0 saturated heterocycles. The van der Waals surface area contributed by atoms with Crippen LogP contribution in [0.15, 0.2) is 67.1 Å². The molecule has 5 nitrogen and oxygen atoms in total. The molecule has 0 bridgehead atoms. The van der Waals surface area contributed by atoms with Crippen molar-refractivity contribution in [2.75, 3.05) is 11.9 Å². The second-order valence-corrected chi connectivity index (χ2v) is 4.69. The van der Waals surface area contributed by atoms with Gasteiger partial charge in [-0.1, -0.05) is 30.3 Å². The van der Waals surface area contributed by atoms with E-state index < -0.39 is 0 Å². The van der Waals surface area contributed by atoms with Gasteiger partial charge in [-0.05, 0) is 29.8 Å². The van der Waals surface area contributed by atoms with E-state index in [1.54, 1.807) is 12.5 Å². The van der Waals surface area contributed by atoms with Crippen LogP contribution in [0.25, 0.3) is 11.3 Å². The van der Waals surface area contributed by atoms with Gasteiger partial charge in [-0.3, -0.25) is 4.79 Å². The van der Waals surface area contributed by atoms with Gasteiger partial charge in [0, 0.05) is 5.69 Å². The number of hydrogen-bond acceptors (Lipinski definition) is 3. The Morgan fingerprint density at radius 1 is 1.09 bits per heavy atom. The van der Waals surface area contributed by atoms with Crippen molar-refractivity contribution in [3.05, 3.63) is 67.1 Å². The Bertz CT molecular complexity index is 722. The number of hydrogen-bond donors (Lipinski definition) is 2. The number of para-hydroxylation sites is 1. The number of H-pyrrole nitrogens is 1. The maximum Gasteiger partial charge on any atom is 0.262 e. The summed E-state index contributed by atoms with van der Waals surface area (Å²) in [5, 5.41) is 2.79. The third-order valence-electron chi connectivity index (χ3n) is 3.09. The maximum absolute atomic E-state index is 11.8. The van der Waals surface area contributed by atoms with Crippen LogP contribution in [-0.2, 0) is 4.79 Å². The summed E-state index contributed by atoms with van der Waals surface area (Å²) in [6.07, 6.45) is 3.38. The molecule has 1 amide bonds. The lowest BCUT2D eigenvalue weighted by Gasteiger charge is -2.08. The number of carbonyl (C=O) groups excluding carboxylic acids is 1. The maximum atomic E-state index is 11.8. The van der Waals surface area contributed by atoms with Crippen LogP contribution in [0.1, 0.15) is 0 Å². The summed E-state index contributed by atoms with van der Waals surface area (Å²) in [7, 11) is 0. The normalized spacial score (nSPS) is 10.2. The quantitative estimate of drug-likeness (QED) is 0.759. The molecule has 0 saturated carbocycles. The van der Waals surface area contributed by atoms with Crippen molar-refractivity contribution in [2.24, 2.45) is 0 Å². The molecule has 3 rings (SSSR count). The van der Waals surface area contributed by atoms with E-state index in [1.165, 1.54) is 0 Å². The average Bonchev–Trinajstić information content (AvgIpc) is 3.09. The molecule has 0 atom stereocenters.